The summed E-state index contributed by atoms with van der Waals surface area (Å²) in [5.41, 5.74) is 1.55. The first-order valence-electron chi connectivity index (χ1n) is 7.62. The molecule has 4 nitrogen and oxygen atoms in total. The van der Waals surface area contributed by atoms with Gasteiger partial charge in [-0.1, -0.05) is 24.3 Å². The lowest BCUT2D eigenvalue weighted by atomic mass is 10.1. The molecule has 2 rings (SSSR count). The van der Waals surface area contributed by atoms with Crippen LogP contribution in [-0.4, -0.2) is 31.8 Å². The van der Waals surface area contributed by atoms with Crippen LogP contribution in [0.4, 0.5) is 13.2 Å². The molecule has 2 N–H and O–H groups in total. The van der Waals surface area contributed by atoms with Crippen LogP contribution in [0, 0.1) is 5.92 Å². The average molecular weight is 330 g/mol. The van der Waals surface area contributed by atoms with Crippen molar-refractivity contribution in [2.75, 3.05) is 19.7 Å². The molecule has 7 heteroatoms. The topological polar surface area (TPSA) is 50.4 Å². The van der Waals surface area contributed by atoms with Crippen molar-refractivity contribution in [3.8, 4) is 0 Å². The number of alkyl halides is 3. The molecule has 23 heavy (non-hydrogen) atoms. The van der Waals surface area contributed by atoms with Gasteiger partial charge >= 0.3 is 6.18 Å². The third kappa shape index (κ3) is 7.99. The van der Waals surface area contributed by atoms with Crippen LogP contribution in [0.2, 0.25) is 0 Å². The predicted octanol–water partition coefficient (Wildman–Crippen LogP) is 2.38. The Labute approximate surface area is 133 Å². The van der Waals surface area contributed by atoms with Gasteiger partial charge in [0.1, 0.15) is 6.61 Å². The summed E-state index contributed by atoms with van der Waals surface area (Å²) in [4.78, 5) is 11.6. The molecule has 0 heterocycles. The van der Waals surface area contributed by atoms with E-state index in [9.17, 15) is 18.0 Å². The van der Waals surface area contributed by atoms with Gasteiger partial charge in [0.2, 0.25) is 5.91 Å². The maximum absolute atomic E-state index is 12.0. The molecule has 0 bridgehead atoms. The number of amides is 1. The first-order chi connectivity index (χ1) is 10.9. The lowest BCUT2D eigenvalue weighted by Gasteiger charge is -2.09. The Morgan fingerprint density at radius 2 is 1.83 bits per heavy atom. The van der Waals surface area contributed by atoms with Crippen LogP contribution < -0.4 is 10.6 Å². The summed E-state index contributed by atoms with van der Waals surface area (Å²) in [6.45, 7) is 0.253. The van der Waals surface area contributed by atoms with Crippen molar-refractivity contribution in [2.24, 2.45) is 5.92 Å². The summed E-state index contributed by atoms with van der Waals surface area (Å²) in [6.07, 6.45) is -1.82. The Bertz CT molecular complexity index is 499. The summed E-state index contributed by atoms with van der Waals surface area (Å²) >= 11 is 0. The van der Waals surface area contributed by atoms with Gasteiger partial charge in [-0.3, -0.25) is 4.79 Å². The first kappa shape index (κ1) is 17.7. The highest BCUT2D eigenvalue weighted by molar-refractivity contribution is 5.77. The van der Waals surface area contributed by atoms with Crippen LogP contribution in [-0.2, 0) is 22.7 Å². The maximum atomic E-state index is 12.0. The standard InChI is InChI=1S/C16H21F3N2O2/c17-16(18,19)11-23-10-14-5-3-13(4-6-14)8-21-15(22)9-20-7-12-1-2-12/h3-6,12,20H,1-2,7-11H2,(H,21,22). The Balaban J connectivity index is 1.62. The van der Waals surface area contributed by atoms with Gasteiger partial charge in [0.25, 0.3) is 0 Å². The molecule has 0 saturated heterocycles. The van der Waals surface area contributed by atoms with Gasteiger partial charge in [-0.15, -0.1) is 0 Å². The van der Waals surface area contributed by atoms with Crippen molar-refractivity contribution < 1.29 is 22.7 Å². The molecular weight excluding hydrogens is 309 g/mol. The number of ether oxygens (including phenoxy) is 1. The average Bonchev–Trinajstić information content (AvgIpc) is 3.29. The smallest absolute Gasteiger partial charge is 0.367 e. The van der Waals surface area contributed by atoms with E-state index in [1.807, 2.05) is 0 Å². The van der Waals surface area contributed by atoms with Crippen molar-refractivity contribution >= 4 is 5.91 Å². The molecule has 0 spiro atoms. The van der Waals surface area contributed by atoms with E-state index in [2.05, 4.69) is 15.4 Å². The van der Waals surface area contributed by atoms with Crippen LogP contribution in [0.3, 0.4) is 0 Å². The van der Waals surface area contributed by atoms with E-state index < -0.39 is 12.8 Å². The van der Waals surface area contributed by atoms with Crippen molar-refractivity contribution in [1.82, 2.24) is 10.6 Å². The van der Waals surface area contributed by atoms with E-state index in [0.29, 0.717) is 18.7 Å². The molecule has 1 saturated carbocycles. The normalized spacial score (nSPS) is 14.7. The lowest BCUT2D eigenvalue weighted by molar-refractivity contribution is -0.176. The third-order valence-corrected chi connectivity index (χ3v) is 3.46. The lowest BCUT2D eigenvalue weighted by Crippen LogP contribution is -2.34. The molecule has 1 aliphatic rings. The quantitative estimate of drug-likeness (QED) is 0.731. The molecule has 0 aromatic heterocycles. The highest BCUT2D eigenvalue weighted by atomic mass is 19.4. The molecule has 1 aromatic rings. The van der Waals surface area contributed by atoms with Crippen LogP contribution in [0.25, 0.3) is 0 Å². The Hall–Kier alpha value is -1.60. The van der Waals surface area contributed by atoms with E-state index >= 15 is 0 Å². The molecule has 1 aliphatic carbocycles. The zero-order valence-corrected chi connectivity index (χ0v) is 12.8. The molecule has 128 valence electrons. The van der Waals surface area contributed by atoms with Crippen molar-refractivity contribution in [3.05, 3.63) is 35.4 Å². The van der Waals surface area contributed by atoms with Gasteiger partial charge in [0.05, 0.1) is 13.2 Å². The van der Waals surface area contributed by atoms with Crippen LogP contribution >= 0.6 is 0 Å². The SMILES string of the molecule is O=C(CNCC1CC1)NCc1ccc(COCC(F)(F)F)cc1. The fourth-order valence-corrected chi connectivity index (χ4v) is 2.01. The Kier molecular flexibility index (Phi) is 6.41. The van der Waals surface area contributed by atoms with Crippen molar-refractivity contribution in [2.45, 2.75) is 32.2 Å². The maximum Gasteiger partial charge on any atom is 0.411 e. The largest absolute Gasteiger partial charge is 0.411 e. The van der Waals surface area contributed by atoms with E-state index in [1.54, 1.807) is 24.3 Å². The number of hydrogen-bond acceptors (Lipinski definition) is 3. The molecule has 0 radical (unpaired) electrons. The zero-order valence-electron chi connectivity index (χ0n) is 12.8. The monoisotopic (exact) mass is 330 g/mol. The van der Waals surface area contributed by atoms with E-state index in [4.69, 9.17) is 0 Å². The number of carbonyl (C=O) groups is 1. The van der Waals surface area contributed by atoms with Gasteiger partial charge < -0.3 is 15.4 Å². The predicted molar refractivity (Wildman–Crippen MR) is 79.6 cm³/mol. The molecule has 0 aliphatic heterocycles. The highest BCUT2D eigenvalue weighted by Crippen LogP contribution is 2.27. The van der Waals surface area contributed by atoms with Gasteiger partial charge in [-0.25, -0.2) is 0 Å². The number of hydrogen-bond donors (Lipinski definition) is 2. The third-order valence-electron chi connectivity index (χ3n) is 3.46. The van der Waals surface area contributed by atoms with Crippen LogP contribution in [0.15, 0.2) is 24.3 Å². The second kappa shape index (κ2) is 8.31. The number of nitrogens with one attached hydrogen (secondary N) is 2. The zero-order chi connectivity index (χ0) is 16.7. The summed E-state index contributed by atoms with van der Waals surface area (Å²) in [5, 5.41) is 5.90. The molecular formula is C16H21F3N2O2. The fourth-order valence-electron chi connectivity index (χ4n) is 2.01. The van der Waals surface area contributed by atoms with Crippen molar-refractivity contribution in [3.63, 3.8) is 0 Å². The molecule has 1 amide bonds. The van der Waals surface area contributed by atoms with E-state index in [-0.39, 0.29) is 12.5 Å². The second-order valence-electron chi connectivity index (χ2n) is 5.78. The van der Waals surface area contributed by atoms with Crippen LogP contribution in [0.1, 0.15) is 24.0 Å². The summed E-state index contributed by atoms with van der Waals surface area (Å²) in [7, 11) is 0. The first-order valence-corrected chi connectivity index (χ1v) is 7.62. The summed E-state index contributed by atoms with van der Waals surface area (Å²) in [5.74, 6) is 0.665. The Morgan fingerprint density at radius 3 is 2.43 bits per heavy atom. The van der Waals surface area contributed by atoms with Crippen molar-refractivity contribution in [1.29, 1.82) is 0 Å². The summed E-state index contributed by atoms with van der Waals surface area (Å²) < 4.78 is 40.5. The van der Waals surface area contributed by atoms with E-state index in [0.717, 1.165) is 18.0 Å². The van der Waals surface area contributed by atoms with Gasteiger partial charge in [-0.2, -0.15) is 13.2 Å². The van der Waals surface area contributed by atoms with Crippen LogP contribution in [0.5, 0.6) is 0 Å². The second-order valence-corrected chi connectivity index (χ2v) is 5.78. The number of rotatable bonds is 9. The summed E-state index contributed by atoms with van der Waals surface area (Å²) in [6, 6.07) is 6.93. The fraction of sp³-hybridized carbons (Fsp3) is 0.562. The minimum Gasteiger partial charge on any atom is -0.367 e. The van der Waals surface area contributed by atoms with E-state index in [1.165, 1.54) is 12.8 Å². The molecule has 0 unspecified atom stereocenters. The van der Waals surface area contributed by atoms with Gasteiger partial charge in [0, 0.05) is 6.54 Å². The number of halogens is 3. The molecule has 1 fully saturated rings. The van der Waals surface area contributed by atoms with Gasteiger partial charge in [-0.05, 0) is 36.4 Å². The molecule has 1 aromatic carbocycles. The number of carbonyl (C=O) groups excluding carboxylic acids is 1. The van der Waals surface area contributed by atoms with Gasteiger partial charge in [0.15, 0.2) is 0 Å². The minimum atomic E-state index is -4.31. The minimum absolute atomic E-state index is 0.0664. The molecule has 0 atom stereocenters. The highest BCUT2D eigenvalue weighted by Gasteiger charge is 2.27. The Morgan fingerprint density at radius 1 is 1.17 bits per heavy atom. The number of benzene rings is 1.